The third-order valence-electron chi connectivity index (χ3n) is 6.02. The summed E-state index contributed by atoms with van der Waals surface area (Å²) in [6, 6.07) is 11.2. The number of piperidine rings is 1. The largest absolute Gasteiger partial charge is 0.341 e. The number of carbonyl (C=O) groups excluding carboxylic acids is 1. The van der Waals surface area contributed by atoms with Crippen molar-refractivity contribution in [3.8, 4) is 0 Å². The zero-order valence-corrected chi connectivity index (χ0v) is 17.5. The van der Waals surface area contributed by atoms with Crippen LogP contribution in [0.1, 0.15) is 57.9 Å². The molecule has 1 aromatic rings. The molecule has 0 spiro atoms. The molecule has 2 unspecified atom stereocenters. The molecule has 1 aliphatic carbocycles. The van der Waals surface area contributed by atoms with Gasteiger partial charge in [0.15, 0.2) is 0 Å². The minimum absolute atomic E-state index is 0.0292. The molecule has 4 heteroatoms. The van der Waals surface area contributed by atoms with Crippen molar-refractivity contribution in [2.75, 3.05) is 26.7 Å². The third kappa shape index (κ3) is 7.17. The summed E-state index contributed by atoms with van der Waals surface area (Å²) < 4.78 is 0. The number of likely N-dealkylation sites (tertiary alicyclic amines) is 1. The molecule has 2 N–H and O–H groups in total. The van der Waals surface area contributed by atoms with Crippen LogP contribution in [0.2, 0.25) is 0 Å². The van der Waals surface area contributed by atoms with Crippen molar-refractivity contribution in [2.24, 2.45) is 11.8 Å². The van der Waals surface area contributed by atoms with E-state index in [1.54, 1.807) is 7.05 Å². The van der Waals surface area contributed by atoms with Crippen molar-refractivity contribution in [3.05, 3.63) is 35.9 Å². The quantitative estimate of drug-likeness (QED) is 0.800. The van der Waals surface area contributed by atoms with Gasteiger partial charge >= 0.3 is 6.03 Å². The number of nitrogens with zero attached hydrogens (tertiary/aromatic N) is 1. The van der Waals surface area contributed by atoms with Crippen LogP contribution in [0.15, 0.2) is 30.3 Å². The van der Waals surface area contributed by atoms with E-state index in [9.17, 15) is 4.79 Å². The molecule has 27 heavy (non-hydrogen) atoms. The van der Waals surface area contributed by atoms with Crippen molar-refractivity contribution in [1.82, 2.24) is 15.5 Å². The molecule has 2 atom stereocenters. The molecule has 3 rings (SSSR count). The number of carbonyl (C=O) groups is 1. The number of nitrogens with one attached hydrogen (secondary N) is 2. The van der Waals surface area contributed by atoms with Gasteiger partial charge in [0, 0.05) is 19.6 Å². The molecule has 1 heterocycles. The van der Waals surface area contributed by atoms with E-state index in [1.807, 2.05) is 13.8 Å². The first-order valence-electron chi connectivity index (χ1n) is 11.0. The van der Waals surface area contributed by atoms with E-state index < -0.39 is 0 Å². The zero-order valence-electron chi connectivity index (χ0n) is 17.5. The third-order valence-corrected chi connectivity index (χ3v) is 6.02. The number of hydrogen-bond donors (Lipinski definition) is 2. The Morgan fingerprint density at radius 1 is 1.04 bits per heavy atom. The number of rotatable bonds is 5. The van der Waals surface area contributed by atoms with Gasteiger partial charge in [-0.15, -0.1) is 0 Å². The van der Waals surface area contributed by atoms with Crippen LogP contribution in [-0.2, 0) is 6.42 Å². The van der Waals surface area contributed by atoms with E-state index in [0.29, 0.717) is 12.0 Å². The smallest absolute Gasteiger partial charge is 0.314 e. The fourth-order valence-electron chi connectivity index (χ4n) is 4.51. The molecule has 0 radical (unpaired) electrons. The van der Waals surface area contributed by atoms with E-state index in [0.717, 1.165) is 18.9 Å². The molecule has 2 amide bonds. The van der Waals surface area contributed by atoms with Crippen LogP contribution >= 0.6 is 0 Å². The van der Waals surface area contributed by atoms with Crippen molar-refractivity contribution in [2.45, 2.75) is 64.8 Å². The van der Waals surface area contributed by atoms with Gasteiger partial charge < -0.3 is 15.5 Å². The molecule has 0 aromatic heterocycles. The average Bonchev–Trinajstić information content (AvgIpc) is 2.73. The van der Waals surface area contributed by atoms with Crippen molar-refractivity contribution < 1.29 is 4.79 Å². The van der Waals surface area contributed by atoms with Gasteiger partial charge in [-0.1, -0.05) is 57.0 Å². The number of hydrogen-bond acceptors (Lipinski definition) is 2. The lowest BCUT2D eigenvalue weighted by molar-refractivity contribution is 0.129. The monoisotopic (exact) mass is 373 g/mol. The van der Waals surface area contributed by atoms with Crippen LogP contribution in [0.3, 0.4) is 0 Å². The first-order chi connectivity index (χ1) is 13.2. The van der Waals surface area contributed by atoms with Gasteiger partial charge in [-0.25, -0.2) is 4.79 Å². The number of benzene rings is 1. The molecule has 1 aliphatic heterocycles. The van der Waals surface area contributed by atoms with Crippen molar-refractivity contribution in [3.63, 3.8) is 0 Å². The Hall–Kier alpha value is -1.55. The maximum atomic E-state index is 11.7. The molecule has 2 fully saturated rings. The van der Waals surface area contributed by atoms with Crippen LogP contribution < -0.4 is 10.6 Å². The lowest BCUT2D eigenvalue weighted by Crippen LogP contribution is -2.49. The maximum Gasteiger partial charge on any atom is 0.314 e. The summed E-state index contributed by atoms with van der Waals surface area (Å²) in [5.41, 5.74) is 1.48. The summed E-state index contributed by atoms with van der Waals surface area (Å²) in [5, 5.41) is 5.87. The molecular formula is C23H39N3O. The fraction of sp³-hybridized carbons (Fsp3) is 0.696. The lowest BCUT2D eigenvalue weighted by atomic mass is 9.83. The molecule has 4 nitrogen and oxygen atoms in total. The summed E-state index contributed by atoms with van der Waals surface area (Å²) in [4.78, 5) is 14.3. The Morgan fingerprint density at radius 2 is 1.70 bits per heavy atom. The summed E-state index contributed by atoms with van der Waals surface area (Å²) in [5.74, 6) is 1.43. The summed E-state index contributed by atoms with van der Waals surface area (Å²) >= 11 is 0. The Morgan fingerprint density at radius 3 is 2.37 bits per heavy atom. The zero-order chi connectivity index (χ0) is 19.5. The first kappa shape index (κ1) is 21.7. The standard InChI is InChI=1S/C21H33N3O.C2H6/c1-22-21(25)23-20-10-6-5-9-19(20)16-24-13-11-18(12-14-24)15-17-7-3-2-4-8-17;1-2/h2-4,7-8,18-20H,5-6,9-16H2,1H3,(H2,22,23,25);1-2H3. The topological polar surface area (TPSA) is 44.4 Å². The first-order valence-corrected chi connectivity index (χ1v) is 11.0. The highest BCUT2D eigenvalue weighted by Gasteiger charge is 2.29. The molecule has 0 bridgehead atoms. The molecular weight excluding hydrogens is 334 g/mol. The Labute approximate surface area is 166 Å². The van der Waals surface area contributed by atoms with Gasteiger partial charge in [0.05, 0.1) is 0 Å². The Kier molecular flexibility index (Phi) is 9.68. The minimum atomic E-state index is -0.0292. The van der Waals surface area contributed by atoms with E-state index in [-0.39, 0.29) is 6.03 Å². The minimum Gasteiger partial charge on any atom is -0.341 e. The highest BCUT2D eigenvalue weighted by molar-refractivity contribution is 5.73. The summed E-state index contributed by atoms with van der Waals surface area (Å²) in [6.07, 6.45) is 8.75. The van der Waals surface area contributed by atoms with Crippen molar-refractivity contribution >= 4 is 6.03 Å². The van der Waals surface area contributed by atoms with Gasteiger partial charge in [-0.3, -0.25) is 0 Å². The SMILES string of the molecule is CC.CNC(=O)NC1CCCCC1CN1CCC(Cc2ccccc2)CC1. The summed E-state index contributed by atoms with van der Waals surface area (Å²) in [6.45, 7) is 7.56. The van der Waals surface area contributed by atoms with E-state index in [1.165, 1.54) is 57.2 Å². The Balaban J connectivity index is 0.00000126. The van der Waals surface area contributed by atoms with Gasteiger partial charge in [0.2, 0.25) is 0 Å². The lowest BCUT2D eigenvalue weighted by Gasteiger charge is -2.38. The second kappa shape index (κ2) is 12.0. The Bertz CT molecular complexity index is 526. The molecule has 152 valence electrons. The highest BCUT2D eigenvalue weighted by atomic mass is 16.2. The van der Waals surface area contributed by atoms with Crippen LogP contribution in [-0.4, -0.2) is 43.7 Å². The van der Waals surface area contributed by atoms with Crippen LogP contribution in [0, 0.1) is 11.8 Å². The number of amides is 2. The van der Waals surface area contributed by atoms with Gasteiger partial charge in [-0.05, 0) is 62.6 Å². The van der Waals surface area contributed by atoms with Gasteiger partial charge in [0.1, 0.15) is 0 Å². The predicted molar refractivity (Wildman–Crippen MR) is 114 cm³/mol. The predicted octanol–water partition coefficient (Wildman–Crippen LogP) is 4.46. The van der Waals surface area contributed by atoms with Crippen LogP contribution in [0.4, 0.5) is 4.79 Å². The van der Waals surface area contributed by atoms with E-state index >= 15 is 0 Å². The molecule has 1 saturated heterocycles. The summed E-state index contributed by atoms with van der Waals surface area (Å²) in [7, 11) is 1.70. The van der Waals surface area contributed by atoms with Gasteiger partial charge in [-0.2, -0.15) is 0 Å². The maximum absolute atomic E-state index is 11.7. The molecule has 1 saturated carbocycles. The second-order valence-electron chi connectivity index (χ2n) is 7.81. The van der Waals surface area contributed by atoms with Crippen molar-refractivity contribution in [1.29, 1.82) is 0 Å². The molecule has 1 aromatic carbocycles. The van der Waals surface area contributed by atoms with Gasteiger partial charge in [0.25, 0.3) is 0 Å². The van der Waals surface area contributed by atoms with Crippen LogP contribution in [0.25, 0.3) is 0 Å². The number of urea groups is 1. The highest BCUT2D eigenvalue weighted by Crippen LogP contribution is 2.28. The molecule has 2 aliphatic rings. The fourth-order valence-corrected chi connectivity index (χ4v) is 4.51. The van der Waals surface area contributed by atoms with E-state index in [2.05, 4.69) is 45.9 Å². The second-order valence-corrected chi connectivity index (χ2v) is 7.81. The van der Waals surface area contributed by atoms with Crippen LogP contribution in [0.5, 0.6) is 0 Å². The van der Waals surface area contributed by atoms with E-state index in [4.69, 9.17) is 0 Å². The normalized spacial score (nSPS) is 23.8. The average molecular weight is 374 g/mol.